The van der Waals surface area contributed by atoms with Gasteiger partial charge in [-0.15, -0.1) is 0 Å². The van der Waals surface area contributed by atoms with E-state index in [0.29, 0.717) is 5.56 Å². The molecule has 132 valence electrons. The number of hydrogen-bond acceptors (Lipinski definition) is 3. The van der Waals surface area contributed by atoms with Gasteiger partial charge < -0.3 is 9.47 Å². The largest absolute Gasteiger partial charge is 0.497 e. The van der Waals surface area contributed by atoms with Crippen LogP contribution in [0.25, 0.3) is 0 Å². The van der Waals surface area contributed by atoms with Gasteiger partial charge in [0, 0.05) is 0 Å². The molecule has 0 unspecified atom stereocenters. The molecule has 0 aromatic heterocycles. The summed E-state index contributed by atoms with van der Waals surface area (Å²) in [5.41, 5.74) is 1.85. The molecule has 0 saturated carbocycles. The molecule has 0 fully saturated rings. The highest BCUT2D eigenvalue weighted by Crippen LogP contribution is 2.30. The van der Waals surface area contributed by atoms with Crippen molar-refractivity contribution in [1.29, 1.82) is 0 Å². The molecule has 0 amide bonds. The summed E-state index contributed by atoms with van der Waals surface area (Å²) in [5.74, 6) is 1.55. The Hall–Kier alpha value is -2.72. The predicted octanol–water partition coefficient (Wildman–Crippen LogP) is 4.89. The van der Waals surface area contributed by atoms with E-state index in [-0.39, 0.29) is 5.12 Å². The third kappa shape index (κ3) is 3.92. The molecule has 0 heterocycles. The van der Waals surface area contributed by atoms with Crippen LogP contribution in [0.15, 0.2) is 82.6 Å². The fraction of sp³-hybridized carbons (Fsp3) is 0.136. The zero-order valence-electron chi connectivity index (χ0n) is 15.1. The quantitative estimate of drug-likeness (QED) is 0.604. The van der Waals surface area contributed by atoms with Gasteiger partial charge in [0.25, 0.3) is 0 Å². The highest BCUT2D eigenvalue weighted by atomic mass is 32.2. The summed E-state index contributed by atoms with van der Waals surface area (Å²) >= 11 is 0. The van der Waals surface area contributed by atoms with Crippen LogP contribution in [0.4, 0.5) is 0 Å². The van der Waals surface area contributed by atoms with E-state index in [2.05, 4.69) is 0 Å². The first-order chi connectivity index (χ1) is 12.6. The minimum atomic E-state index is -0.724. The van der Waals surface area contributed by atoms with Crippen LogP contribution in [0, 0.1) is 6.92 Å². The molecule has 4 heteroatoms. The summed E-state index contributed by atoms with van der Waals surface area (Å²) in [7, 11) is 2.55. The number of rotatable bonds is 5. The van der Waals surface area contributed by atoms with Crippen molar-refractivity contribution in [1.82, 2.24) is 0 Å². The van der Waals surface area contributed by atoms with Gasteiger partial charge in [0.15, 0.2) is 9.79 Å². The SMILES string of the molecule is COc1ccc([S+](C(=O)c2ccc(C)cc2)c2ccc(OC)cc2)cc1. The average Bonchev–Trinajstić information content (AvgIpc) is 2.69. The molecule has 0 spiro atoms. The molecule has 3 aromatic carbocycles. The molecule has 3 rings (SSSR count). The summed E-state index contributed by atoms with van der Waals surface area (Å²) in [6, 6.07) is 23.1. The van der Waals surface area contributed by atoms with Crippen molar-refractivity contribution in [3.8, 4) is 11.5 Å². The number of aryl methyl sites for hydroxylation is 1. The van der Waals surface area contributed by atoms with Crippen LogP contribution in [0.5, 0.6) is 11.5 Å². The molecule has 3 nitrogen and oxygen atoms in total. The van der Waals surface area contributed by atoms with Gasteiger partial charge in [-0.1, -0.05) is 17.7 Å². The number of hydrogen-bond donors (Lipinski definition) is 0. The van der Waals surface area contributed by atoms with E-state index >= 15 is 0 Å². The molecule has 0 atom stereocenters. The molecule has 0 aliphatic heterocycles. The number of ether oxygens (including phenoxy) is 2. The third-order valence-electron chi connectivity index (χ3n) is 4.06. The number of methoxy groups -OCH3 is 2. The van der Waals surface area contributed by atoms with E-state index in [1.807, 2.05) is 79.7 Å². The van der Waals surface area contributed by atoms with Crippen molar-refractivity contribution in [2.24, 2.45) is 0 Å². The molecular weight excluding hydrogens is 344 g/mol. The Bertz CT molecular complexity index is 821. The Labute approximate surface area is 156 Å². The number of benzene rings is 3. The molecule has 0 aliphatic rings. The number of carbonyl (C=O) groups is 1. The Kier molecular flexibility index (Phi) is 5.64. The predicted molar refractivity (Wildman–Crippen MR) is 105 cm³/mol. The minimum Gasteiger partial charge on any atom is -0.497 e. The van der Waals surface area contributed by atoms with Crippen LogP contribution in [-0.2, 0) is 10.9 Å². The lowest BCUT2D eigenvalue weighted by molar-refractivity contribution is 0.108. The van der Waals surface area contributed by atoms with Gasteiger partial charge in [-0.2, -0.15) is 0 Å². The first kappa shape index (κ1) is 18.1. The zero-order chi connectivity index (χ0) is 18.5. The Morgan fingerprint density at radius 3 is 1.50 bits per heavy atom. The van der Waals surface area contributed by atoms with Gasteiger partial charge in [-0.05, 0) is 67.6 Å². The summed E-state index contributed by atoms with van der Waals surface area (Å²) in [5, 5.41) is 0.0975. The Morgan fingerprint density at radius 2 is 1.12 bits per heavy atom. The van der Waals surface area contributed by atoms with Crippen LogP contribution in [0.2, 0.25) is 0 Å². The maximum atomic E-state index is 13.3. The van der Waals surface area contributed by atoms with Crippen molar-refractivity contribution < 1.29 is 14.3 Å². The molecule has 3 aromatic rings. The van der Waals surface area contributed by atoms with Gasteiger partial charge in [0.2, 0.25) is 0 Å². The van der Waals surface area contributed by atoms with E-state index < -0.39 is 10.9 Å². The standard InChI is InChI=1S/C22H21O3S/c1-16-4-6-17(7-5-16)22(23)26(20-12-8-18(24-2)9-13-20)21-14-10-19(25-3)11-15-21/h4-15H,1-3H3/q+1. The van der Waals surface area contributed by atoms with E-state index in [4.69, 9.17) is 9.47 Å². The Balaban J connectivity index is 2.04. The maximum Gasteiger partial charge on any atom is 0.373 e. The highest BCUT2D eigenvalue weighted by molar-refractivity contribution is 8.11. The summed E-state index contributed by atoms with van der Waals surface area (Å²) in [4.78, 5) is 15.2. The molecule has 0 radical (unpaired) electrons. The van der Waals surface area contributed by atoms with Gasteiger partial charge in [0.1, 0.15) is 22.4 Å². The molecule has 26 heavy (non-hydrogen) atoms. The fourth-order valence-corrected chi connectivity index (χ4v) is 4.47. The van der Waals surface area contributed by atoms with Gasteiger partial charge in [-0.25, -0.2) is 4.79 Å². The number of carbonyl (C=O) groups excluding carboxylic acids is 1. The summed E-state index contributed by atoms with van der Waals surface area (Å²) in [6.45, 7) is 2.01. The zero-order valence-corrected chi connectivity index (χ0v) is 15.9. The van der Waals surface area contributed by atoms with Gasteiger partial charge in [-0.3, -0.25) is 0 Å². The monoisotopic (exact) mass is 365 g/mol. The second-order valence-corrected chi connectivity index (χ2v) is 7.74. The Morgan fingerprint density at radius 1 is 0.692 bits per heavy atom. The van der Waals surface area contributed by atoms with Crippen LogP contribution < -0.4 is 9.47 Å². The molecule has 0 saturated heterocycles. The first-order valence-electron chi connectivity index (χ1n) is 8.26. The van der Waals surface area contributed by atoms with Gasteiger partial charge >= 0.3 is 5.12 Å². The third-order valence-corrected chi connectivity index (χ3v) is 6.16. The normalized spacial score (nSPS) is 10.6. The minimum absolute atomic E-state index is 0.0975. The average molecular weight is 365 g/mol. The van der Waals surface area contributed by atoms with E-state index in [1.165, 1.54) is 0 Å². The van der Waals surface area contributed by atoms with Crippen molar-refractivity contribution in [2.45, 2.75) is 16.7 Å². The lowest BCUT2D eigenvalue weighted by Crippen LogP contribution is -2.16. The summed E-state index contributed by atoms with van der Waals surface area (Å²) < 4.78 is 10.5. The van der Waals surface area contributed by atoms with Crippen LogP contribution in [0.3, 0.4) is 0 Å². The lowest BCUT2D eigenvalue weighted by Gasteiger charge is -2.08. The lowest BCUT2D eigenvalue weighted by atomic mass is 10.2. The van der Waals surface area contributed by atoms with Crippen LogP contribution in [0.1, 0.15) is 15.9 Å². The van der Waals surface area contributed by atoms with Crippen LogP contribution in [-0.4, -0.2) is 19.3 Å². The van der Waals surface area contributed by atoms with Gasteiger partial charge in [0.05, 0.1) is 19.8 Å². The molecule has 0 bridgehead atoms. The topological polar surface area (TPSA) is 35.5 Å². The second kappa shape index (κ2) is 8.11. The molecule has 0 N–H and O–H groups in total. The van der Waals surface area contributed by atoms with Crippen molar-refractivity contribution >= 4 is 16.0 Å². The summed E-state index contributed by atoms with van der Waals surface area (Å²) in [6.07, 6.45) is 0. The van der Waals surface area contributed by atoms with E-state index in [0.717, 1.165) is 26.9 Å². The second-order valence-electron chi connectivity index (χ2n) is 5.81. The maximum absolute atomic E-state index is 13.3. The molecular formula is C22H21O3S+. The highest BCUT2D eigenvalue weighted by Gasteiger charge is 2.36. The van der Waals surface area contributed by atoms with Crippen molar-refractivity contribution in [3.05, 3.63) is 83.9 Å². The van der Waals surface area contributed by atoms with E-state index in [1.54, 1.807) is 14.2 Å². The fourth-order valence-electron chi connectivity index (χ4n) is 2.58. The molecule has 0 aliphatic carbocycles. The van der Waals surface area contributed by atoms with E-state index in [9.17, 15) is 4.79 Å². The smallest absolute Gasteiger partial charge is 0.373 e. The van der Waals surface area contributed by atoms with Crippen molar-refractivity contribution in [3.63, 3.8) is 0 Å². The van der Waals surface area contributed by atoms with Crippen LogP contribution >= 0.6 is 0 Å². The first-order valence-corrected chi connectivity index (χ1v) is 9.48. The van der Waals surface area contributed by atoms with Crippen molar-refractivity contribution in [2.75, 3.05) is 14.2 Å².